The Balaban J connectivity index is 2.37. The summed E-state index contributed by atoms with van der Waals surface area (Å²) < 4.78 is 6.07. The van der Waals surface area contributed by atoms with Crippen LogP contribution in [0.25, 0.3) is 0 Å². The van der Waals surface area contributed by atoms with E-state index in [0.29, 0.717) is 11.4 Å². The fraction of sp³-hybridized carbons (Fsp3) is 0.353. The molecule has 0 aliphatic rings. The molecule has 0 spiro atoms. The van der Waals surface area contributed by atoms with Gasteiger partial charge in [0.15, 0.2) is 0 Å². The van der Waals surface area contributed by atoms with E-state index < -0.39 is 0 Å². The van der Waals surface area contributed by atoms with Gasteiger partial charge in [-0.05, 0) is 51.0 Å². The maximum absolute atomic E-state index is 6.29. The third-order valence-corrected chi connectivity index (χ3v) is 3.58. The van der Waals surface area contributed by atoms with Crippen LogP contribution < -0.4 is 10.5 Å². The van der Waals surface area contributed by atoms with Gasteiger partial charge in [-0.15, -0.1) is 0 Å². The van der Waals surface area contributed by atoms with Crippen LogP contribution in [-0.2, 0) is 12.8 Å². The Morgan fingerprint density at radius 1 is 1.24 bits per heavy atom. The summed E-state index contributed by atoms with van der Waals surface area (Å²) in [7, 11) is 0. The normalized spacial score (nSPS) is 12.2. The lowest BCUT2D eigenvalue weighted by Gasteiger charge is -2.16. The average Bonchev–Trinajstić information content (AvgIpc) is 2.44. The van der Waals surface area contributed by atoms with Gasteiger partial charge in [-0.25, -0.2) is 0 Å². The van der Waals surface area contributed by atoms with Crippen molar-refractivity contribution in [1.29, 1.82) is 0 Å². The monoisotopic (exact) mass is 304 g/mol. The molecule has 0 aliphatic heterocycles. The summed E-state index contributed by atoms with van der Waals surface area (Å²) in [5.74, 6) is 1.52. The molecule has 2 aromatic rings. The Labute approximate surface area is 131 Å². The smallest absolute Gasteiger partial charge is 0.148 e. The van der Waals surface area contributed by atoms with E-state index in [1.54, 1.807) is 0 Å². The molecular formula is C17H21ClN2O. The Morgan fingerprint density at radius 3 is 2.67 bits per heavy atom. The number of pyridine rings is 1. The molecule has 2 rings (SSSR count). The molecule has 0 fully saturated rings. The van der Waals surface area contributed by atoms with Crippen molar-refractivity contribution in [3.8, 4) is 11.5 Å². The molecule has 3 nitrogen and oxygen atoms in total. The highest BCUT2D eigenvalue weighted by molar-refractivity contribution is 6.31. The van der Waals surface area contributed by atoms with Gasteiger partial charge in [-0.3, -0.25) is 4.98 Å². The average molecular weight is 305 g/mol. The van der Waals surface area contributed by atoms with Crippen LogP contribution in [0.1, 0.15) is 30.8 Å². The predicted octanol–water partition coefficient (Wildman–Crippen LogP) is 4.29. The number of aromatic nitrogens is 1. The van der Waals surface area contributed by atoms with Gasteiger partial charge in [0.2, 0.25) is 0 Å². The molecule has 0 saturated carbocycles. The van der Waals surface area contributed by atoms with Crippen molar-refractivity contribution < 1.29 is 4.74 Å². The first-order valence-corrected chi connectivity index (χ1v) is 7.56. The first kappa shape index (κ1) is 15.8. The molecule has 1 aromatic carbocycles. The quantitative estimate of drug-likeness (QED) is 0.896. The highest BCUT2D eigenvalue weighted by Crippen LogP contribution is 2.32. The maximum atomic E-state index is 6.29. The second-order valence-corrected chi connectivity index (χ2v) is 5.66. The molecule has 1 unspecified atom stereocenters. The summed E-state index contributed by atoms with van der Waals surface area (Å²) in [6.45, 7) is 6.00. The minimum Gasteiger partial charge on any atom is -0.455 e. The van der Waals surface area contributed by atoms with Crippen LogP contribution in [-0.4, -0.2) is 11.0 Å². The van der Waals surface area contributed by atoms with Crippen LogP contribution in [0.4, 0.5) is 0 Å². The van der Waals surface area contributed by atoms with E-state index in [1.807, 2.05) is 44.2 Å². The Morgan fingerprint density at radius 2 is 2.00 bits per heavy atom. The lowest BCUT2D eigenvalue weighted by Crippen LogP contribution is -2.18. The molecule has 0 saturated heterocycles. The van der Waals surface area contributed by atoms with Crippen molar-refractivity contribution in [3.05, 3.63) is 52.3 Å². The molecule has 112 valence electrons. The third kappa shape index (κ3) is 3.96. The third-order valence-electron chi connectivity index (χ3n) is 3.23. The van der Waals surface area contributed by atoms with E-state index >= 15 is 0 Å². The summed E-state index contributed by atoms with van der Waals surface area (Å²) in [6, 6.07) is 9.59. The molecule has 0 amide bonds. The number of hydrogen-bond acceptors (Lipinski definition) is 3. The SMILES string of the molecule is CCc1nc(C)ccc1Oc1cccc(Cl)c1CC(C)N. The van der Waals surface area contributed by atoms with E-state index in [-0.39, 0.29) is 6.04 Å². The fourth-order valence-corrected chi connectivity index (χ4v) is 2.46. The van der Waals surface area contributed by atoms with Gasteiger partial charge in [0.05, 0.1) is 5.69 Å². The first-order chi connectivity index (χ1) is 10.0. The number of aryl methyl sites for hydroxylation is 2. The lowest BCUT2D eigenvalue weighted by molar-refractivity contribution is 0.464. The number of rotatable bonds is 5. The summed E-state index contributed by atoms with van der Waals surface area (Å²) in [5, 5.41) is 0.683. The van der Waals surface area contributed by atoms with Gasteiger partial charge in [0.25, 0.3) is 0 Å². The zero-order valence-corrected chi connectivity index (χ0v) is 13.4. The number of nitrogens with two attached hydrogens (primary N) is 1. The number of halogens is 1. The molecule has 2 N–H and O–H groups in total. The predicted molar refractivity (Wildman–Crippen MR) is 87.2 cm³/mol. The zero-order chi connectivity index (χ0) is 15.4. The summed E-state index contributed by atoms with van der Waals surface area (Å²) in [5.41, 5.74) is 8.78. The van der Waals surface area contributed by atoms with Gasteiger partial charge < -0.3 is 10.5 Å². The van der Waals surface area contributed by atoms with Crippen molar-refractivity contribution >= 4 is 11.6 Å². The zero-order valence-electron chi connectivity index (χ0n) is 12.7. The van der Waals surface area contributed by atoms with Crippen LogP contribution in [0.15, 0.2) is 30.3 Å². The number of hydrogen-bond donors (Lipinski definition) is 1. The van der Waals surface area contributed by atoms with Crippen molar-refractivity contribution in [2.45, 2.75) is 39.7 Å². The van der Waals surface area contributed by atoms with Crippen molar-refractivity contribution in [2.75, 3.05) is 0 Å². The Bertz CT molecular complexity index is 626. The Hall–Kier alpha value is -1.58. The van der Waals surface area contributed by atoms with Gasteiger partial charge >= 0.3 is 0 Å². The van der Waals surface area contributed by atoms with Gasteiger partial charge in [0, 0.05) is 22.3 Å². The molecule has 0 radical (unpaired) electrons. The highest BCUT2D eigenvalue weighted by atomic mass is 35.5. The standard InChI is InChI=1S/C17H21ClN2O/c1-4-15-17(9-8-12(3)20-15)21-16-7-5-6-14(18)13(16)10-11(2)19/h5-9,11H,4,10,19H2,1-3H3. The lowest BCUT2D eigenvalue weighted by atomic mass is 10.1. The summed E-state index contributed by atoms with van der Waals surface area (Å²) >= 11 is 6.29. The van der Waals surface area contributed by atoms with Crippen LogP contribution in [0.3, 0.4) is 0 Å². The van der Waals surface area contributed by atoms with E-state index in [1.165, 1.54) is 0 Å². The van der Waals surface area contributed by atoms with Crippen LogP contribution in [0.2, 0.25) is 5.02 Å². The topological polar surface area (TPSA) is 48.1 Å². The molecule has 0 aliphatic carbocycles. The minimum atomic E-state index is 0.0223. The first-order valence-electron chi connectivity index (χ1n) is 7.18. The van der Waals surface area contributed by atoms with Gasteiger partial charge in [0.1, 0.15) is 11.5 Å². The van der Waals surface area contributed by atoms with Crippen LogP contribution in [0.5, 0.6) is 11.5 Å². The van der Waals surface area contributed by atoms with E-state index in [4.69, 9.17) is 22.1 Å². The molecular weight excluding hydrogens is 284 g/mol. The summed E-state index contributed by atoms with van der Waals surface area (Å²) in [6.07, 6.45) is 1.50. The number of nitrogens with zero attached hydrogens (tertiary/aromatic N) is 1. The molecule has 0 bridgehead atoms. The van der Waals surface area contributed by atoms with E-state index in [0.717, 1.165) is 34.9 Å². The fourth-order valence-electron chi connectivity index (χ4n) is 2.22. The molecule has 21 heavy (non-hydrogen) atoms. The van der Waals surface area contributed by atoms with Crippen molar-refractivity contribution in [3.63, 3.8) is 0 Å². The highest BCUT2D eigenvalue weighted by Gasteiger charge is 2.13. The summed E-state index contributed by atoms with van der Waals surface area (Å²) in [4.78, 5) is 4.52. The second kappa shape index (κ2) is 6.92. The van der Waals surface area contributed by atoms with Gasteiger partial charge in [-0.1, -0.05) is 24.6 Å². The van der Waals surface area contributed by atoms with Crippen molar-refractivity contribution in [2.24, 2.45) is 5.73 Å². The van der Waals surface area contributed by atoms with E-state index in [9.17, 15) is 0 Å². The minimum absolute atomic E-state index is 0.0223. The molecule has 1 heterocycles. The molecule has 4 heteroatoms. The van der Waals surface area contributed by atoms with Crippen LogP contribution >= 0.6 is 11.6 Å². The van der Waals surface area contributed by atoms with Crippen molar-refractivity contribution in [1.82, 2.24) is 4.98 Å². The number of benzene rings is 1. The Kier molecular flexibility index (Phi) is 5.21. The number of ether oxygens (including phenoxy) is 1. The molecule has 1 atom stereocenters. The largest absolute Gasteiger partial charge is 0.455 e. The van der Waals surface area contributed by atoms with Gasteiger partial charge in [-0.2, -0.15) is 0 Å². The van der Waals surface area contributed by atoms with E-state index in [2.05, 4.69) is 11.9 Å². The second-order valence-electron chi connectivity index (χ2n) is 5.25. The maximum Gasteiger partial charge on any atom is 0.148 e. The van der Waals surface area contributed by atoms with Crippen LogP contribution in [0, 0.1) is 6.92 Å². The molecule has 1 aromatic heterocycles.